The number of carbonyl (C=O) groups excluding carboxylic acids is 1. The largest absolute Gasteiger partial charge is 0.507 e. The maximum atomic E-state index is 12.5. The molecule has 2 atom stereocenters. The Morgan fingerprint density at radius 2 is 2.26 bits per heavy atom. The number of hydrogen-bond acceptors (Lipinski definition) is 3. The van der Waals surface area contributed by atoms with Crippen LogP contribution < -0.4 is 5.32 Å². The Kier molecular flexibility index (Phi) is 3.50. The Hall–Kier alpha value is -1.07. The highest BCUT2D eigenvalue weighted by atomic mass is 79.9. The van der Waals surface area contributed by atoms with Gasteiger partial charge in [0, 0.05) is 23.6 Å². The Bertz CT molecular complexity index is 492. The number of phenolic OH excluding ortho intramolecular Hbond substituents is 1. The number of rotatable bonds is 1. The Labute approximate surface area is 120 Å². The van der Waals surface area contributed by atoms with Crippen LogP contribution in [0.25, 0.3) is 0 Å². The lowest BCUT2D eigenvalue weighted by molar-refractivity contribution is 0.0782. The van der Waals surface area contributed by atoms with Crippen molar-refractivity contribution < 1.29 is 9.90 Å². The molecule has 0 saturated carbocycles. The lowest BCUT2D eigenvalue weighted by Gasteiger charge is -2.24. The van der Waals surface area contributed by atoms with Crippen LogP contribution in [0.2, 0.25) is 0 Å². The number of piperidine rings is 1. The van der Waals surface area contributed by atoms with Gasteiger partial charge in [0.2, 0.25) is 0 Å². The highest BCUT2D eigenvalue weighted by Crippen LogP contribution is 2.29. The van der Waals surface area contributed by atoms with Crippen molar-refractivity contribution >= 4 is 21.8 Å². The molecule has 2 saturated heterocycles. The smallest absolute Gasteiger partial charge is 0.257 e. The Morgan fingerprint density at radius 3 is 3.05 bits per heavy atom. The summed E-state index contributed by atoms with van der Waals surface area (Å²) in [4.78, 5) is 14.3. The highest BCUT2D eigenvalue weighted by Gasteiger charge is 2.37. The molecule has 4 nitrogen and oxygen atoms in total. The van der Waals surface area contributed by atoms with E-state index in [1.807, 2.05) is 4.90 Å². The van der Waals surface area contributed by atoms with Gasteiger partial charge < -0.3 is 15.3 Å². The number of aromatic hydroxyl groups is 1. The zero-order valence-electron chi connectivity index (χ0n) is 10.6. The van der Waals surface area contributed by atoms with E-state index in [1.165, 1.54) is 12.8 Å². The number of halogens is 1. The summed E-state index contributed by atoms with van der Waals surface area (Å²) in [5.41, 5.74) is 0.382. The number of amides is 1. The molecular weight excluding hydrogens is 308 g/mol. The third-order valence-electron chi connectivity index (χ3n) is 4.08. The first-order valence-corrected chi connectivity index (χ1v) is 7.45. The predicted molar refractivity (Wildman–Crippen MR) is 76.2 cm³/mol. The molecule has 2 fully saturated rings. The van der Waals surface area contributed by atoms with Crippen LogP contribution >= 0.6 is 15.9 Å². The van der Waals surface area contributed by atoms with Crippen LogP contribution in [0.3, 0.4) is 0 Å². The summed E-state index contributed by atoms with van der Waals surface area (Å²) in [6, 6.07) is 5.40. The second-order valence-electron chi connectivity index (χ2n) is 5.33. The van der Waals surface area contributed by atoms with Gasteiger partial charge in [0.1, 0.15) is 5.75 Å². The molecule has 102 valence electrons. The summed E-state index contributed by atoms with van der Waals surface area (Å²) < 4.78 is 0.809. The molecule has 19 heavy (non-hydrogen) atoms. The van der Waals surface area contributed by atoms with E-state index >= 15 is 0 Å². The van der Waals surface area contributed by atoms with Gasteiger partial charge in [0.25, 0.3) is 5.91 Å². The number of benzene rings is 1. The third kappa shape index (κ3) is 2.49. The van der Waals surface area contributed by atoms with E-state index in [9.17, 15) is 9.90 Å². The molecule has 2 aliphatic heterocycles. The molecule has 1 amide bonds. The molecule has 2 N–H and O–H groups in total. The van der Waals surface area contributed by atoms with Crippen LogP contribution in [-0.4, -0.2) is 41.6 Å². The topological polar surface area (TPSA) is 52.6 Å². The maximum absolute atomic E-state index is 12.5. The summed E-state index contributed by atoms with van der Waals surface area (Å²) in [5.74, 6) is 0.540. The molecule has 0 aliphatic carbocycles. The van der Waals surface area contributed by atoms with E-state index in [0.29, 0.717) is 17.5 Å². The molecule has 0 radical (unpaired) electrons. The van der Waals surface area contributed by atoms with Crippen LogP contribution in [0.4, 0.5) is 0 Å². The first-order valence-electron chi connectivity index (χ1n) is 6.66. The average molecular weight is 325 g/mol. The summed E-state index contributed by atoms with van der Waals surface area (Å²) in [7, 11) is 0. The quantitative estimate of drug-likeness (QED) is 0.830. The Balaban J connectivity index is 1.79. The van der Waals surface area contributed by atoms with E-state index in [0.717, 1.165) is 24.1 Å². The van der Waals surface area contributed by atoms with Gasteiger partial charge in [-0.25, -0.2) is 0 Å². The SMILES string of the molecule is O=C(c1cc(Br)ccc1O)N1C[C@@H]2CCCN[C@@H]2C1. The second kappa shape index (κ2) is 5.13. The number of fused-ring (bicyclic) bond motifs is 1. The van der Waals surface area contributed by atoms with Crippen molar-refractivity contribution in [3.63, 3.8) is 0 Å². The van der Waals surface area contributed by atoms with Crippen LogP contribution in [0.5, 0.6) is 5.75 Å². The molecule has 0 aromatic heterocycles. The fraction of sp³-hybridized carbons (Fsp3) is 0.500. The minimum Gasteiger partial charge on any atom is -0.507 e. The van der Waals surface area contributed by atoms with E-state index in [1.54, 1.807) is 18.2 Å². The van der Waals surface area contributed by atoms with E-state index < -0.39 is 0 Å². The van der Waals surface area contributed by atoms with Crippen molar-refractivity contribution in [2.45, 2.75) is 18.9 Å². The van der Waals surface area contributed by atoms with Gasteiger partial charge in [-0.05, 0) is 43.5 Å². The zero-order chi connectivity index (χ0) is 13.4. The van der Waals surface area contributed by atoms with Gasteiger partial charge in [-0.3, -0.25) is 4.79 Å². The van der Waals surface area contributed by atoms with Crippen LogP contribution in [0.15, 0.2) is 22.7 Å². The van der Waals surface area contributed by atoms with Crippen molar-refractivity contribution in [3.8, 4) is 5.75 Å². The van der Waals surface area contributed by atoms with Crippen LogP contribution in [0, 0.1) is 5.92 Å². The molecule has 5 heteroatoms. The van der Waals surface area contributed by atoms with E-state index in [4.69, 9.17) is 0 Å². The average Bonchev–Trinajstić information content (AvgIpc) is 2.84. The van der Waals surface area contributed by atoms with Crippen LogP contribution in [-0.2, 0) is 0 Å². The Morgan fingerprint density at radius 1 is 1.42 bits per heavy atom. The van der Waals surface area contributed by atoms with Gasteiger partial charge in [-0.1, -0.05) is 15.9 Å². The van der Waals surface area contributed by atoms with E-state index in [-0.39, 0.29) is 11.7 Å². The fourth-order valence-corrected chi connectivity index (χ4v) is 3.42. The summed E-state index contributed by atoms with van der Waals surface area (Å²) in [6.07, 6.45) is 2.37. The highest BCUT2D eigenvalue weighted by molar-refractivity contribution is 9.10. The lowest BCUT2D eigenvalue weighted by atomic mass is 9.94. The molecule has 2 heterocycles. The standard InChI is InChI=1S/C14H17BrN2O2/c15-10-3-4-13(18)11(6-10)14(19)17-7-9-2-1-5-16-12(9)8-17/h3-4,6,9,12,16,18H,1-2,5,7-8H2/t9-,12+/m0/s1. The first kappa shape index (κ1) is 12.9. The van der Waals surface area contributed by atoms with Gasteiger partial charge in [-0.2, -0.15) is 0 Å². The number of phenols is 1. The summed E-state index contributed by atoms with van der Waals surface area (Å²) >= 11 is 3.34. The van der Waals surface area contributed by atoms with Crippen molar-refractivity contribution in [1.82, 2.24) is 10.2 Å². The third-order valence-corrected chi connectivity index (χ3v) is 4.57. The van der Waals surface area contributed by atoms with Gasteiger partial charge in [-0.15, -0.1) is 0 Å². The second-order valence-corrected chi connectivity index (χ2v) is 6.25. The van der Waals surface area contributed by atoms with Crippen molar-refractivity contribution in [3.05, 3.63) is 28.2 Å². The number of nitrogens with zero attached hydrogens (tertiary/aromatic N) is 1. The minimum absolute atomic E-state index is 0.0519. The van der Waals surface area contributed by atoms with Crippen molar-refractivity contribution in [1.29, 1.82) is 0 Å². The molecule has 0 unspecified atom stereocenters. The van der Waals surface area contributed by atoms with Crippen molar-refractivity contribution in [2.24, 2.45) is 5.92 Å². The first-order chi connectivity index (χ1) is 9.15. The molecule has 0 spiro atoms. The minimum atomic E-state index is -0.0741. The van der Waals surface area contributed by atoms with Gasteiger partial charge >= 0.3 is 0 Å². The number of likely N-dealkylation sites (tertiary alicyclic amines) is 1. The zero-order valence-corrected chi connectivity index (χ0v) is 12.2. The molecule has 0 bridgehead atoms. The van der Waals surface area contributed by atoms with Gasteiger partial charge in [0.15, 0.2) is 0 Å². The number of hydrogen-bond donors (Lipinski definition) is 2. The molecule has 2 aliphatic rings. The maximum Gasteiger partial charge on any atom is 0.257 e. The predicted octanol–water partition coefficient (Wildman–Crippen LogP) is 1.98. The summed E-state index contributed by atoms with van der Waals surface area (Å²) in [6.45, 7) is 2.59. The normalized spacial score (nSPS) is 26.3. The molecule has 3 rings (SSSR count). The van der Waals surface area contributed by atoms with Crippen LogP contribution in [0.1, 0.15) is 23.2 Å². The lowest BCUT2D eigenvalue weighted by Crippen LogP contribution is -2.41. The number of carbonyl (C=O) groups is 1. The fourth-order valence-electron chi connectivity index (χ4n) is 3.06. The molecule has 1 aromatic rings. The molecule has 1 aromatic carbocycles. The monoisotopic (exact) mass is 324 g/mol. The van der Waals surface area contributed by atoms with Gasteiger partial charge in [0.05, 0.1) is 5.56 Å². The van der Waals surface area contributed by atoms with Crippen molar-refractivity contribution in [2.75, 3.05) is 19.6 Å². The molecular formula is C14H17BrN2O2. The van der Waals surface area contributed by atoms with E-state index in [2.05, 4.69) is 21.2 Å². The summed E-state index contributed by atoms with van der Waals surface area (Å²) in [5, 5.41) is 13.3. The number of nitrogens with one attached hydrogen (secondary N) is 1.